The number of Topliss-reactive ketones (excluding diaryl/α,β-unsaturated/α-hetero) is 1. The van der Waals surface area contributed by atoms with Crippen molar-refractivity contribution < 1.29 is 23.8 Å². The van der Waals surface area contributed by atoms with Gasteiger partial charge >= 0.3 is 5.91 Å². The average molecular weight is 645 g/mol. The maximum atomic E-state index is 14.4. The maximum Gasteiger partial charge on any atom is 0.301 e. The van der Waals surface area contributed by atoms with Crippen molar-refractivity contribution in [2.24, 2.45) is 0 Å². The summed E-state index contributed by atoms with van der Waals surface area (Å²) in [4.78, 5) is 28.1. The number of halogens is 3. The van der Waals surface area contributed by atoms with Crippen LogP contribution >= 0.6 is 46.3 Å². The normalized spacial score (nSPS) is 16.3. The third-order valence-corrected chi connectivity index (χ3v) is 9.22. The SMILES string of the molecule is CCCOc1ccc([C@H]2C(=C(O)c3ccc(C)c(F)c3)C(=O)C(=O)N2c2nnc(SCc3ccc(Cl)cc3Cl)s2)cc1. The molecule has 0 radical (unpaired) electrons. The average Bonchev–Trinajstić information content (AvgIpc) is 3.54. The van der Waals surface area contributed by atoms with Crippen molar-refractivity contribution in [3.05, 3.63) is 104 Å². The molecule has 1 aliphatic heterocycles. The number of carbonyl (C=O) groups excluding carboxylic acids is 2. The third kappa shape index (κ3) is 6.17. The van der Waals surface area contributed by atoms with Gasteiger partial charge in [0.2, 0.25) is 5.13 Å². The van der Waals surface area contributed by atoms with E-state index in [1.807, 2.05) is 13.0 Å². The molecule has 42 heavy (non-hydrogen) atoms. The van der Waals surface area contributed by atoms with E-state index in [2.05, 4.69) is 10.2 Å². The quantitative estimate of drug-likeness (QED) is 0.0649. The fraction of sp³-hybridized carbons (Fsp3) is 0.200. The van der Waals surface area contributed by atoms with Crippen molar-refractivity contribution in [2.45, 2.75) is 36.4 Å². The zero-order chi connectivity index (χ0) is 30.0. The highest BCUT2D eigenvalue weighted by molar-refractivity contribution is 8.00. The molecule has 3 aromatic carbocycles. The number of aliphatic hydroxyl groups is 1. The summed E-state index contributed by atoms with van der Waals surface area (Å²) >= 11 is 14.8. The smallest absolute Gasteiger partial charge is 0.301 e. The molecule has 2 heterocycles. The molecular weight excluding hydrogens is 620 g/mol. The maximum absolute atomic E-state index is 14.4. The number of aryl methyl sites for hydroxylation is 1. The zero-order valence-corrected chi connectivity index (χ0v) is 25.6. The third-order valence-electron chi connectivity index (χ3n) is 6.53. The fourth-order valence-corrected chi connectivity index (χ4v) is 6.77. The highest BCUT2D eigenvalue weighted by Crippen LogP contribution is 2.44. The first-order valence-electron chi connectivity index (χ1n) is 12.9. The van der Waals surface area contributed by atoms with Crippen molar-refractivity contribution in [2.75, 3.05) is 11.5 Å². The van der Waals surface area contributed by atoms with Crippen LogP contribution in [0.2, 0.25) is 10.0 Å². The van der Waals surface area contributed by atoms with Crippen molar-refractivity contribution in [1.82, 2.24) is 10.2 Å². The second-order valence-corrected chi connectivity index (χ2v) is 12.4. The second kappa shape index (κ2) is 12.8. The van der Waals surface area contributed by atoms with E-state index in [-0.39, 0.29) is 16.3 Å². The number of aromatic nitrogens is 2. The van der Waals surface area contributed by atoms with Crippen molar-refractivity contribution in [3.8, 4) is 5.75 Å². The van der Waals surface area contributed by atoms with Crippen LogP contribution in [0.4, 0.5) is 9.52 Å². The fourth-order valence-electron chi connectivity index (χ4n) is 4.34. The van der Waals surface area contributed by atoms with Crippen LogP contribution in [0.3, 0.4) is 0 Å². The number of nitrogens with zero attached hydrogens (tertiary/aromatic N) is 3. The van der Waals surface area contributed by atoms with Gasteiger partial charge in [0.15, 0.2) is 4.34 Å². The van der Waals surface area contributed by atoms with E-state index >= 15 is 0 Å². The summed E-state index contributed by atoms with van der Waals surface area (Å²) in [5.41, 5.74) is 1.66. The van der Waals surface area contributed by atoms with Crippen LogP contribution in [0.5, 0.6) is 5.75 Å². The van der Waals surface area contributed by atoms with Gasteiger partial charge in [0.25, 0.3) is 5.78 Å². The molecule has 216 valence electrons. The Morgan fingerprint density at radius 2 is 1.86 bits per heavy atom. The predicted octanol–water partition coefficient (Wildman–Crippen LogP) is 8.00. The summed E-state index contributed by atoms with van der Waals surface area (Å²) in [7, 11) is 0. The molecule has 1 aromatic heterocycles. The largest absolute Gasteiger partial charge is 0.507 e. The predicted molar refractivity (Wildman–Crippen MR) is 164 cm³/mol. The van der Waals surface area contributed by atoms with E-state index in [0.29, 0.717) is 43.6 Å². The molecule has 1 atom stereocenters. The minimum atomic E-state index is -1.04. The molecule has 0 aliphatic carbocycles. The Morgan fingerprint density at radius 3 is 2.55 bits per heavy atom. The summed E-state index contributed by atoms with van der Waals surface area (Å²) < 4.78 is 20.6. The highest BCUT2D eigenvalue weighted by Gasteiger charge is 2.48. The molecule has 1 fully saturated rings. The van der Waals surface area contributed by atoms with Crippen LogP contribution in [0, 0.1) is 12.7 Å². The number of ketones is 1. The number of benzene rings is 3. The molecule has 0 spiro atoms. The Hall–Kier alpha value is -3.44. The molecule has 1 N–H and O–H groups in total. The molecule has 5 rings (SSSR count). The van der Waals surface area contributed by atoms with E-state index in [4.69, 9.17) is 27.9 Å². The molecule has 0 bridgehead atoms. The minimum Gasteiger partial charge on any atom is -0.507 e. The molecule has 12 heteroatoms. The number of hydrogen-bond donors (Lipinski definition) is 1. The van der Waals surface area contributed by atoms with Gasteiger partial charge in [-0.15, -0.1) is 10.2 Å². The van der Waals surface area contributed by atoms with E-state index in [1.165, 1.54) is 28.8 Å². The van der Waals surface area contributed by atoms with Gasteiger partial charge in [0, 0.05) is 21.4 Å². The first-order valence-corrected chi connectivity index (χ1v) is 15.4. The molecule has 0 unspecified atom stereocenters. The summed E-state index contributed by atoms with van der Waals surface area (Å²) in [5.74, 6) is -1.73. The monoisotopic (exact) mass is 643 g/mol. The molecule has 1 amide bonds. The molecule has 0 saturated carbocycles. The summed E-state index contributed by atoms with van der Waals surface area (Å²) in [6, 6.07) is 15.2. The summed E-state index contributed by atoms with van der Waals surface area (Å²) in [5, 5.41) is 20.9. The lowest BCUT2D eigenvalue weighted by Crippen LogP contribution is -2.29. The lowest BCUT2D eigenvalue weighted by molar-refractivity contribution is -0.132. The van der Waals surface area contributed by atoms with E-state index in [9.17, 15) is 19.1 Å². The van der Waals surface area contributed by atoms with Crippen LogP contribution in [-0.2, 0) is 15.3 Å². The van der Waals surface area contributed by atoms with Gasteiger partial charge in [-0.1, -0.05) is 83.6 Å². The number of carbonyl (C=O) groups is 2. The van der Waals surface area contributed by atoms with Crippen LogP contribution in [-0.4, -0.2) is 33.6 Å². The van der Waals surface area contributed by atoms with Gasteiger partial charge in [0.05, 0.1) is 18.2 Å². The standard InChI is InChI=1S/C30H24Cl2FN3O4S2/c1-3-12-40-21-10-7-17(8-11-21)25-24(26(37)18-5-4-16(2)23(33)13-18)27(38)28(39)36(25)29-34-35-30(42-29)41-15-19-6-9-20(31)14-22(19)32/h4-11,13-14,25,37H,3,12,15H2,1-2H3/t25-/m0/s1. The van der Waals surface area contributed by atoms with Crippen molar-refractivity contribution in [1.29, 1.82) is 0 Å². The molecule has 4 aromatic rings. The van der Waals surface area contributed by atoms with Gasteiger partial charge in [-0.2, -0.15) is 0 Å². The highest BCUT2D eigenvalue weighted by atomic mass is 35.5. The van der Waals surface area contributed by atoms with Gasteiger partial charge in [0.1, 0.15) is 17.3 Å². The molecule has 1 saturated heterocycles. The lowest BCUT2D eigenvalue weighted by atomic mass is 9.95. The van der Waals surface area contributed by atoms with Gasteiger partial charge in [-0.3, -0.25) is 14.5 Å². The number of hydrogen-bond acceptors (Lipinski definition) is 8. The first kappa shape index (κ1) is 30.0. The lowest BCUT2D eigenvalue weighted by Gasteiger charge is -2.22. The Kier molecular flexibility index (Phi) is 9.17. The number of amides is 1. The van der Waals surface area contributed by atoms with Crippen molar-refractivity contribution in [3.63, 3.8) is 0 Å². The Balaban J connectivity index is 1.53. The van der Waals surface area contributed by atoms with Crippen LogP contribution < -0.4 is 9.64 Å². The van der Waals surface area contributed by atoms with E-state index in [1.54, 1.807) is 43.3 Å². The van der Waals surface area contributed by atoms with Crippen LogP contribution in [0.25, 0.3) is 5.76 Å². The Bertz CT molecular complexity index is 1690. The second-order valence-electron chi connectivity index (χ2n) is 9.43. The van der Waals surface area contributed by atoms with Gasteiger partial charge in [-0.05, 0) is 60.4 Å². The van der Waals surface area contributed by atoms with Gasteiger partial charge < -0.3 is 9.84 Å². The van der Waals surface area contributed by atoms with E-state index < -0.39 is 29.3 Å². The van der Waals surface area contributed by atoms with E-state index in [0.717, 1.165) is 29.4 Å². The van der Waals surface area contributed by atoms with Crippen molar-refractivity contribution >= 4 is 68.9 Å². The Labute approximate surface area is 259 Å². The van der Waals surface area contributed by atoms with Crippen LogP contribution in [0.15, 0.2) is 70.6 Å². The minimum absolute atomic E-state index is 0.0809. The Morgan fingerprint density at radius 1 is 1.10 bits per heavy atom. The summed E-state index contributed by atoms with van der Waals surface area (Å²) in [6.07, 6.45) is 0.830. The number of aliphatic hydroxyl groups excluding tert-OH is 1. The molecule has 7 nitrogen and oxygen atoms in total. The molecule has 1 aliphatic rings. The summed E-state index contributed by atoms with van der Waals surface area (Å²) in [6.45, 7) is 4.11. The van der Waals surface area contributed by atoms with Crippen LogP contribution in [0.1, 0.15) is 41.6 Å². The number of anilines is 1. The molecular formula is C30H24Cl2FN3O4S2. The number of thioether (sulfide) groups is 1. The topological polar surface area (TPSA) is 92.6 Å². The number of rotatable bonds is 9. The first-order chi connectivity index (χ1) is 20.2. The number of ether oxygens (including phenoxy) is 1. The van der Waals surface area contributed by atoms with Gasteiger partial charge in [-0.25, -0.2) is 4.39 Å². The zero-order valence-electron chi connectivity index (χ0n) is 22.4.